The molecule has 1 N–H and O–H groups in total. The molecule has 144 valence electrons. The largest absolute Gasteiger partial charge is 0.463 e. The van der Waals surface area contributed by atoms with Crippen molar-refractivity contribution in [3.8, 4) is 0 Å². The molecule has 0 radical (unpaired) electrons. The fraction of sp³-hybridized carbons (Fsp3) is 0.429. The van der Waals surface area contributed by atoms with Gasteiger partial charge in [0.25, 0.3) is 0 Å². The number of dihydropyridines is 1. The second-order valence-electron chi connectivity index (χ2n) is 7.59. The molecular formula is C21H23F2NO3. The number of carbonyl (C=O) groups excluding carboxylic acids is 2. The van der Waals surface area contributed by atoms with Crippen LogP contribution in [0.15, 0.2) is 40.7 Å². The maximum absolute atomic E-state index is 14.7. The topological polar surface area (TPSA) is 55.4 Å². The molecule has 4 nitrogen and oxygen atoms in total. The lowest BCUT2D eigenvalue weighted by molar-refractivity contribution is -0.138. The minimum atomic E-state index is -0.997. The highest BCUT2D eigenvalue weighted by molar-refractivity contribution is 6.06. The zero-order valence-electron chi connectivity index (χ0n) is 15.9. The molecule has 0 saturated heterocycles. The summed E-state index contributed by atoms with van der Waals surface area (Å²) in [7, 11) is 0. The SMILES string of the molecule is CCOC(=O)C1=C(C)NC2=C(C(=O)C(C)(C)CC2)C1c1cc(F)ccc1F. The Balaban J connectivity index is 2.26. The average Bonchev–Trinajstić information content (AvgIpc) is 2.60. The van der Waals surface area contributed by atoms with E-state index in [4.69, 9.17) is 4.74 Å². The number of esters is 1. The van der Waals surface area contributed by atoms with Crippen molar-refractivity contribution in [1.29, 1.82) is 0 Å². The predicted octanol–water partition coefficient (Wildman–Crippen LogP) is 4.13. The van der Waals surface area contributed by atoms with Crippen LogP contribution < -0.4 is 5.32 Å². The quantitative estimate of drug-likeness (QED) is 0.807. The van der Waals surface area contributed by atoms with Gasteiger partial charge in [-0.2, -0.15) is 0 Å². The highest BCUT2D eigenvalue weighted by Gasteiger charge is 2.45. The Morgan fingerprint density at radius 2 is 2.04 bits per heavy atom. The lowest BCUT2D eigenvalue weighted by Crippen LogP contribution is -2.40. The number of hydrogen-bond donors (Lipinski definition) is 1. The smallest absolute Gasteiger partial charge is 0.336 e. The third kappa shape index (κ3) is 3.29. The first kappa shape index (κ1) is 19.3. The molecule has 6 heteroatoms. The third-order valence-electron chi connectivity index (χ3n) is 5.27. The van der Waals surface area contributed by atoms with E-state index in [1.807, 2.05) is 13.8 Å². The Morgan fingerprint density at radius 3 is 2.70 bits per heavy atom. The van der Waals surface area contributed by atoms with Crippen LogP contribution in [0, 0.1) is 17.0 Å². The molecule has 1 unspecified atom stereocenters. The zero-order chi connectivity index (χ0) is 19.9. The van der Waals surface area contributed by atoms with E-state index >= 15 is 0 Å². The second kappa shape index (κ2) is 6.91. The van der Waals surface area contributed by atoms with Crippen molar-refractivity contribution in [3.05, 3.63) is 57.9 Å². The molecule has 0 aromatic heterocycles. The van der Waals surface area contributed by atoms with Crippen LogP contribution in [0.5, 0.6) is 0 Å². The number of ketones is 1. The van der Waals surface area contributed by atoms with E-state index in [9.17, 15) is 18.4 Å². The molecule has 1 atom stereocenters. The van der Waals surface area contributed by atoms with E-state index in [0.29, 0.717) is 29.8 Å². The highest BCUT2D eigenvalue weighted by Crippen LogP contribution is 2.47. The van der Waals surface area contributed by atoms with Crippen molar-refractivity contribution >= 4 is 11.8 Å². The predicted molar refractivity (Wildman–Crippen MR) is 96.6 cm³/mol. The van der Waals surface area contributed by atoms with Gasteiger partial charge in [0.1, 0.15) is 11.6 Å². The summed E-state index contributed by atoms with van der Waals surface area (Å²) in [4.78, 5) is 25.9. The van der Waals surface area contributed by atoms with E-state index in [2.05, 4.69) is 5.32 Å². The molecule has 0 bridgehead atoms. The van der Waals surface area contributed by atoms with E-state index < -0.39 is 28.9 Å². The lowest BCUT2D eigenvalue weighted by atomic mass is 9.67. The number of halogens is 2. The Hall–Kier alpha value is -2.50. The molecular weight excluding hydrogens is 352 g/mol. The number of allylic oxidation sites excluding steroid dienone is 3. The molecule has 1 aromatic rings. The van der Waals surface area contributed by atoms with E-state index in [-0.39, 0.29) is 23.5 Å². The first-order valence-electron chi connectivity index (χ1n) is 9.05. The fourth-order valence-electron chi connectivity index (χ4n) is 3.80. The number of rotatable bonds is 3. The first-order chi connectivity index (χ1) is 12.7. The van der Waals surface area contributed by atoms with Crippen molar-refractivity contribution in [1.82, 2.24) is 5.32 Å². The van der Waals surface area contributed by atoms with Crippen molar-refractivity contribution in [2.75, 3.05) is 6.61 Å². The summed E-state index contributed by atoms with van der Waals surface area (Å²) in [6.07, 6.45) is 1.23. The third-order valence-corrected chi connectivity index (χ3v) is 5.27. The second-order valence-corrected chi connectivity index (χ2v) is 7.59. The number of carbonyl (C=O) groups is 2. The zero-order valence-corrected chi connectivity index (χ0v) is 15.9. The van der Waals surface area contributed by atoms with Crippen LogP contribution in [0.4, 0.5) is 8.78 Å². The molecule has 0 amide bonds. The van der Waals surface area contributed by atoms with Crippen LogP contribution in [-0.4, -0.2) is 18.4 Å². The summed E-state index contributed by atoms with van der Waals surface area (Å²) >= 11 is 0. The Labute approximate surface area is 157 Å². The maximum Gasteiger partial charge on any atom is 0.336 e. The summed E-state index contributed by atoms with van der Waals surface area (Å²) in [5.74, 6) is -3.10. The van der Waals surface area contributed by atoms with Crippen LogP contribution in [0.25, 0.3) is 0 Å². The highest BCUT2D eigenvalue weighted by atomic mass is 19.1. The average molecular weight is 375 g/mol. The minimum Gasteiger partial charge on any atom is -0.463 e. The number of ether oxygens (including phenoxy) is 1. The standard InChI is InChI=1S/C21H23F2NO3/c1-5-27-20(26)16-11(2)24-15-8-9-21(3,4)19(25)18(15)17(16)13-10-12(22)6-7-14(13)23/h6-7,10,17,24H,5,8-9H2,1-4H3. The number of hydrogen-bond acceptors (Lipinski definition) is 4. The summed E-state index contributed by atoms with van der Waals surface area (Å²) in [6.45, 7) is 7.14. The van der Waals surface area contributed by atoms with Gasteiger partial charge in [-0.05, 0) is 44.9 Å². The monoisotopic (exact) mass is 375 g/mol. The van der Waals surface area contributed by atoms with Gasteiger partial charge < -0.3 is 10.1 Å². The molecule has 1 heterocycles. The summed E-state index contributed by atoms with van der Waals surface area (Å²) in [6, 6.07) is 3.09. The van der Waals surface area contributed by atoms with Gasteiger partial charge in [0.2, 0.25) is 0 Å². The van der Waals surface area contributed by atoms with Crippen molar-refractivity contribution in [2.24, 2.45) is 5.41 Å². The van der Waals surface area contributed by atoms with Gasteiger partial charge in [0, 0.05) is 27.9 Å². The van der Waals surface area contributed by atoms with Crippen LogP contribution in [0.1, 0.15) is 52.0 Å². The van der Waals surface area contributed by atoms with Gasteiger partial charge in [-0.25, -0.2) is 13.6 Å². The van der Waals surface area contributed by atoms with Crippen LogP contribution in [-0.2, 0) is 14.3 Å². The van der Waals surface area contributed by atoms with Crippen LogP contribution in [0.2, 0.25) is 0 Å². The van der Waals surface area contributed by atoms with Gasteiger partial charge in [-0.15, -0.1) is 0 Å². The van der Waals surface area contributed by atoms with Gasteiger partial charge in [-0.3, -0.25) is 4.79 Å². The van der Waals surface area contributed by atoms with Crippen LogP contribution in [0.3, 0.4) is 0 Å². The summed E-state index contributed by atoms with van der Waals surface area (Å²) in [5.41, 5.74) is 0.952. The van der Waals surface area contributed by atoms with Gasteiger partial charge >= 0.3 is 5.97 Å². The lowest BCUT2D eigenvalue weighted by Gasteiger charge is -2.39. The molecule has 27 heavy (non-hydrogen) atoms. The number of benzene rings is 1. The first-order valence-corrected chi connectivity index (χ1v) is 9.05. The number of nitrogens with one attached hydrogen (secondary N) is 1. The molecule has 0 spiro atoms. The molecule has 1 aromatic carbocycles. The molecule has 1 aliphatic heterocycles. The Morgan fingerprint density at radius 1 is 1.33 bits per heavy atom. The normalized spacial score (nSPS) is 21.7. The molecule has 2 aliphatic rings. The molecule has 3 rings (SSSR count). The number of Topliss-reactive ketones (excluding diaryl/α,β-unsaturated/α-hetero) is 1. The van der Waals surface area contributed by atoms with Gasteiger partial charge in [-0.1, -0.05) is 13.8 Å². The van der Waals surface area contributed by atoms with E-state index in [1.165, 1.54) is 0 Å². The molecule has 0 saturated carbocycles. The Bertz CT molecular complexity index is 883. The summed E-state index contributed by atoms with van der Waals surface area (Å²) < 4.78 is 33.8. The summed E-state index contributed by atoms with van der Waals surface area (Å²) in [5, 5.41) is 3.13. The van der Waals surface area contributed by atoms with Crippen molar-refractivity contribution in [3.63, 3.8) is 0 Å². The van der Waals surface area contributed by atoms with Crippen LogP contribution >= 0.6 is 0 Å². The molecule has 1 aliphatic carbocycles. The van der Waals surface area contributed by atoms with Crippen molar-refractivity contribution < 1.29 is 23.1 Å². The van der Waals surface area contributed by atoms with Gasteiger partial charge in [0.05, 0.1) is 18.1 Å². The fourth-order valence-corrected chi connectivity index (χ4v) is 3.80. The van der Waals surface area contributed by atoms with E-state index in [0.717, 1.165) is 18.2 Å². The minimum absolute atomic E-state index is 0.0301. The van der Waals surface area contributed by atoms with Gasteiger partial charge in [0.15, 0.2) is 5.78 Å². The maximum atomic E-state index is 14.7. The van der Waals surface area contributed by atoms with Crippen molar-refractivity contribution in [2.45, 2.75) is 46.5 Å². The molecule has 0 fully saturated rings. The Kier molecular flexibility index (Phi) is 4.93. The van der Waals surface area contributed by atoms with E-state index in [1.54, 1.807) is 13.8 Å².